The van der Waals surface area contributed by atoms with E-state index in [1.165, 1.54) is 6.20 Å². The van der Waals surface area contributed by atoms with Crippen LogP contribution in [-0.4, -0.2) is 9.97 Å². The van der Waals surface area contributed by atoms with E-state index in [1.54, 1.807) is 19.1 Å². The molecule has 0 saturated carbocycles. The van der Waals surface area contributed by atoms with Crippen LogP contribution in [0.5, 0.6) is 0 Å². The summed E-state index contributed by atoms with van der Waals surface area (Å²) in [5.41, 5.74) is 2.20. The van der Waals surface area contributed by atoms with E-state index in [0.717, 1.165) is 11.1 Å². The third-order valence-corrected chi connectivity index (χ3v) is 2.59. The maximum absolute atomic E-state index is 8.59. The molecule has 1 unspecified atom stereocenters. The quantitative estimate of drug-likeness (QED) is 0.801. The fourth-order valence-corrected chi connectivity index (χ4v) is 1.52. The fraction of sp³-hybridized carbons (Fsp3) is 0.308. The summed E-state index contributed by atoms with van der Waals surface area (Å²) in [4.78, 5) is 6.29. The molecular weight excluding hydrogens is 184 g/mol. The number of aromatic amines is 1. The van der Waals surface area contributed by atoms with Crippen molar-refractivity contribution < 1.29 is 6.85 Å². The molecule has 0 aliphatic heterocycles. The lowest BCUT2D eigenvalue weighted by Crippen LogP contribution is -2.00. The van der Waals surface area contributed by atoms with E-state index >= 15 is 0 Å². The van der Waals surface area contributed by atoms with Crippen LogP contribution in [0.4, 0.5) is 0 Å². The lowest BCUT2D eigenvalue weighted by molar-refractivity contribution is 0.871. The predicted molar refractivity (Wildman–Crippen MR) is 62.0 cm³/mol. The van der Waals surface area contributed by atoms with Crippen molar-refractivity contribution >= 4 is 0 Å². The van der Waals surface area contributed by atoms with Crippen molar-refractivity contribution in [3.63, 3.8) is 0 Å². The maximum atomic E-state index is 8.59. The molecule has 1 atom stereocenters. The van der Waals surface area contributed by atoms with E-state index in [-0.39, 0.29) is 12.0 Å². The molecule has 0 bridgehead atoms. The highest BCUT2D eigenvalue weighted by atomic mass is 14.9. The first kappa shape index (κ1) is 5.50. The molecule has 2 rings (SSSR count). The number of aryl methyl sites for hydroxylation is 1. The summed E-state index contributed by atoms with van der Waals surface area (Å²) in [6.45, 7) is 1.10. The van der Waals surface area contributed by atoms with Crippen LogP contribution in [0.15, 0.2) is 30.7 Å². The number of imidazole rings is 1. The average molecular weight is 205 g/mol. The average Bonchev–Trinajstić information content (AvgIpc) is 2.77. The Hall–Kier alpha value is -1.57. The molecule has 0 saturated heterocycles. The van der Waals surface area contributed by atoms with Gasteiger partial charge in [-0.15, -0.1) is 0 Å². The first-order valence-corrected chi connectivity index (χ1v) is 4.76. The number of rotatable bonds is 2. The molecule has 1 N–H and O–H groups in total. The predicted octanol–water partition coefficient (Wildman–Crippen LogP) is 3.18. The molecule has 0 aliphatic rings. The van der Waals surface area contributed by atoms with Gasteiger partial charge >= 0.3 is 0 Å². The van der Waals surface area contributed by atoms with E-state index in [2.05, 4.69) is 9.97 Å². The van der Waals surface area contributed by atoms with Gasteiger partial charge in [0.05, 0.1) is 6.30 Å². The van der Waals surface area contributed by atoms with Gasteiger partial charge in [0.2, 0.25) is 0 Å². The largest absolute Gasteiger partial charge is 0.348 e. The van der Waals surface area contributed by atoms with Crippen molar-refractivity contribution in [2.75, 3.05) is 0 Å². The van der Waals surface area contributed by atoms with Gasteiger partial charge in [-0.2, -0.15) is 0 Å². The zero-order valence-electron chi connectivity index (χ0n) is 13.8. The third kappa shape index (κ3) is 1.80. The van der Waals surface area contributed by atoms with Crippen molar-refractivity contribution in [2.45, 2.75) is 26.6 Å². The van der Waals surface area contributed by atoms with Gasteiger partial charge in [-0.05, 0) is 30.5 Å². The van der Waals surface area contributed by atoms with Gasteiger partial charge < -0.3 is 4.98 Å². The molecule has 0 spiro atoms. The van der Waals surface area contributed by atoms with Crippen LogP contribution in [0.25, 0.3) is 0 Å². The summed E-state index contributed by atoms with van der Waals surface area (Å²) in [5, 5.41) is 0. The molecule has 2 heteroatoms. The number of hydrogen-bond donors (Lipinski definition) is 1. The summed E-state index contributed by atoms with van der Waals surface area (Å²) in [7, 11) is 0. The zero-order chi connectivity index (χ0) is 15.1. The Morgan fingerprint density at radius 2 is 2.40 bits per heavy atom. The van der Waals surface area contributed by atoms with Gasteiger partial charge in [0, 0.05) is 23.3 Å². The van der Waals surface area contributed by atoms with Crippen LogP contribution in [0.1, 0.15) is 42.0 Å². The lowest BCUT2D eigenvalue weighted by atomic mass is 9.92. The zero-order valence-corrected chi connectivity index (χ0v) is 8.76. The topological polar surface area (TPSA) is 28.7 Å². The molecule has 1 aromatic carbocycles. The summed E-state index contributed by atoms with van der Waals surface area (Å²) >= 11 is 0. The van der Waals surface area contributed by atoms with Crippen LogP contribution in [0, 0.1) is 13.8 Å². The summed E-state index contributed by atoms with van der Waals surface area (Å²) in [6.07, 6.45) is 1.11. The summed E-state index contributed by atoms with van der Waals surface area (Å²) in [6, 6.07) is 5.26. The van der Waals surface area contributed by atoms with Gasteiger partial charge in [0.1, 0.15) is 1.37 Å². The molecule has 0 radical (unpaired) electrons. The maximum Gasteiger partial charge on any atom is 0.104 e. The standard InChI is InChI=1S/C13H16N2/c1-9-5-4-6-12(10(9)2)11(3)13-7-14-8-15-13/h4-8,11H,1-3H3,(H,14,15)/i3D3,8D,11D. The van der Waals surface area contributed by atoms with Gasteiger partial charge in [-0.3, -0.25) is 0 Å². The minimum absolute atomic E-state index is 0.108. The highest BCUT2D eigenvalue weighted by molar-refractivity contribution is 5.38. The second-order valence-corrected chi connectivity index (χ2v) is 3.53. The van der Waals surface area contributed by atoms with E-state index < -0.39 is 12.7 Å². The number of hydrogen-bond acceptors (Lipinski definition) is 1. The highest BCUT2D eigenvalue weighted by Gasteiger charge is 2.12. The van der Waals surface area contributed by atoms with E-state index in [1.807, 2.05) is 13.0 Å². The van der Waals surface area contributed by atoms with Crippen LogP contribution in [-0.2, 0) is 0 Å². The minimum atomic E-state index is -2.58. The Bertz CT molecular complexity index is 632. The number of aromatic nitrogens is 2. The molecule has 2 aromatic rings. The molecular formula is C13H16N2. The van der Waals surface area contributed by atoms with Gasteiger partial charge in [-0.25, -0.2) is 4.98 Å². The highest BCUT2D eigenvalue weighted by Crippen LogP contribution is 2.26. The number of nitrogens with zero attached hydrogens (tertiary/aromatic N) is 1. The number of nitrogens with one attached hydrogen (secondary N) is 1. The number of H-pyrrole nitrogens is 1. The van der Waals surface area contributed by atoms with Gasteiger partial charge in [0.25, 0.3) is 0 Å². The molecule has 0 aliphatic carbocycles. The molecule has 78 valence electrons. The molecule has 1 heterocycles. The van der Waals surface area contributed by atoms with E-state index in [4.69, 9.17) is 6.85 Å². The Labute approximate surface area is 97.4 Å². The number of benzene rings is 1. The first-order valence-electron chi connectivity index (χ1n) is 7.26. The van der Waals surface area contributed by atoms with Gasteiger partial charge in [0.15, 0.2) is 0 Å². The Kier molecular flexibility index (Phi) is 1.43. The van der Waals surface area contributed by atoms with Crippen molar-refractivity contribution in [1.29, 1.82) is 0 Å². The normalized spacial score (nSPS) is 20.5. The van der Waals surface area contributed by atoms with E-state index in [9.17, 15) is 0 Å². The van der Waals surface area contributed by atoms with Crippen molar-refractivity contribution in [2.24, 2.45) is 0 Å². The first-order chi connectivity index (χ1) is 9.18. The van der Waals surface area contributed by atoms with Crippen LogP contribution < -0.4 is 0 Å². The SMILES string of the molecule is [2H]c1ncc(C([2H])(c2cccc(C)c2C)C([2H])([2H])[2H])[nH]1. The Morgan fingerprint density at radius 1 is 1.53 bits per heavy atom. The molecule has 15 heavy (non-hydrogen) atoms. The second-order valence-electron chi connectivity index (χ2n) is 3.53. The molecule has 2 nitrogen and oxygen atoms in total. The fourth-order valence-electron chi connectivity index (χ4n) is 1.52. The van der Waals surface area contributed by atoms with Crippen LogP contribution in [0.3, 0.4) is 0 Å². The Balaban J connectivity index is 2.74. The second kappa shape index (κ2) is 3.89. The summed E-state index contributed by atoms with van der Waals surface area (Å²) in [5.74, 6) is -1.96. The molecule has 0 fully saturated rings. The van der Waals surface area contributed by atoms with Crippen LogP contribution >= 0.6 is 0 Å². The summed E-state index contributed by atoms with van der Waals surface area (Å²) < 4.78 is 39.3. The van der Waals surface area contributed by atoms with Crippen molar-refractivity contribution in [3.05, 3.63) is 53.1 Å². The smallest absolute Gasteiger partial charge is 0.104 e. The molecule has 0 amide bonds. The Morgan fingerprint density at radius 3 is 3.07 bits per heavy atom. The van der Waals surface area contributed by atoms with Crippen molar-refractivity contribution in [1.82, 2.24) is 9.97 Å². The minimum Gasteiger partial charge on any atom is -0.348 e. The van der Waals surface area contributed by atoms with Crippen molar-refractivity contribution in [3.8, 4) is 0 Å². The monoisotopic (exact) mass is 205 g/mol. The molecule has 1 aromatic heterocycles. The van der Waals surface area contributed by atoms with E-state index in [0.29, 0.717) is 5.56 Å². The lowest BCUT2D eigenvalue weighted by Gasteiger charge is -2.14. The van der Waals surface area contributed by atoms with Gasteiger partial charge in [-0.1, -0.05) is 25.1 Å². The van der Waals surface area contributed by atoms with Crippen LogP contribution in [0.2, 0.25) is 0 Å². The third-order valence-electron chi connectivity index (χ3n) is 2.59.